The fraction of sp³-hybridized carbons (Fsp3) is 0.167. The molecule has 1 N–H and O–H groups in total. The summed E-state index contributed by atoms with van der Waals surface area (Å²) >= 11 is 3.31. The molecule has 0 spiro atoms. The molecule has 124 valence electrons. The van der Waals surface area contributed by atoms with Crippen molar-refractivity contribution in [1.82, 2.24) is 4.98 Å². The third-order valence-electron chi connectivity index (χ3n) is 3.97. The van der Waals surface area contributed by atoms with Gasteiger partial charge in [-0.3, -0.25) is 4.79 Å². The Morgan fingerprint density at radius 2 is 1.75 bits per heavy atom. The minimum absolute atomic E-state index is 0.618. The Labute approximate surface area is 144 Å². The highest BCUT2D eigenvalue weighted by molar-refractivity contribution is 9.10. The average molecular weight is 396 g/mol. The molecule has 0 saturated heterocycles. The molecule has 2 nitrogen and oxygen atoms in total. The van der Waals surface area contributed by atoms with E-state index < -0.39 is 24.3 Å². The minimum Gasteiger partial charge on any atom is -0.361 e. The molecule has 0 amide bonds. The van der Waals surface area contributed by atoms with Gasteiger partial charge in [0.05, 0.1) is 0 Å². The number of fused-ring (bicyclic) bond motifs is 1. The van der Waals surface area contributed by atoms with Crippen LogP contribution in [0.4, 0.5) is 13.2 Å². The van der Waals surface area contributed by atoms with Crippen LogP contribution in [0.15, 0.2) is 59.2 Å². The Morgan fingerprint density at radius 3 is 2.42 bits per heavy atom. The van der Waals surface area contributed by atoms with E-state index in [9.17, 15) is 18.0 Å². The fourth-order valence-corrected chi connectivity index (χ4v) is 3.05. The number of ketones is 1. The van der Waals surface area contributed by atoms with Crippen LogP contribution in [0.1, 0.15) is 23.5 Å². The van der Waals surface area contributed by atoms with Crippen LogP contribution in [0.2, 0.25) is 0 Å². The Kier molecular flexibility index (Phi) is 4.49. The maximum absolute atomic E-state index is 12.8. The van der Waals surface area contributed by atoms with Gasteiger partial charge < -0.3 is 4.98 Å². The third-order valence-corrected chi connectivity index (χ3v) is 4.50. The molecule has 0 saturated carbocycles. The largest absolute Gasteiger partial charge is 0.450 e. The summed E-state index contributed by atoms with van der Waals surface area (Å²) in [5.41, 5.74) is 2.18. The van der Waals surface area contributed by atoms with Crippen molar-refractivity contribution >= 4 is 32.6 Å². The highest BCUT2D eigenvalue weighted by Crippen LogP contribution is 2.36. The van der Waals surface area contributed by atoms with E-state index in [1.807, 2.05) is 24.3 Å². The summed E-state index contributed by atoms with van der Waals surface area (Å²) < 4.78 is 39.2. The van der Waals surface area contributed by atoms with Gasteiger partial charge in [-0.05, 0) is 29.3 Å². The minimum atomic E-state index is -4.83. The molecule has 0 bridgehead atoms. The van der Waals surface area contributed by atoms with Gasteiger partial charge in [-0.15, -0.1) is 0 Å². The first-order valence-electron chi connectivity index (χ1n) is 7.28. The van der Waals surface area contributed by atoms with Crippen molar-refractivity contribution in [2.75, 3.05) is 0 Å². The summed E-state index contributed by atoms with van der Waals surface area (Å²) in [5.74, 6) is -2.39. The van der Waals surface area contributed by atoms with Gasteiger partial charge in [0.25, 0.3) is 0 Å². The quantitative estimate of drug-likeness (QED) is 0.613. The number of nitrogens with one attached hydrogen (secondary N) is 1. The molecule has 6 heteroatoms. The van der Waals surface area contributed by atoms with Crippen molar-refractivity contribution in [2.45, 2.75) is 18.5 Å². The molecule has 0 aliphatic heterocycles. The van der Waals surface area contributed by atoms with E-state index in [-0.39, 0.29) is 0 Å². The number of Topliss-reactive ketones (excluding diaryl/α,β-unsaturated/α-hetero) is 1. The molecule has 0 unspecified atom stereocenters. The summed E-state index contributed by atoms with van der Waals surface area (Å²) in [6.45, 7) is 0. The fourth-order valence-electron chi connectivity index (χ4n) is 2.79. The maximum atomic E-state index is 12.8. The molecule has 0 fully saturated rings. The lowest BCUT2D eigenvalue weighted by molar-refractivity contribution is -0.171. The summed E-state index contributed by atoms with van der Waals surface area (Å²) in [6.07, 6.45) is -3.77. The highest BCUT2D eigenvalue weighted by atomic mass is 79.9. The van der Waals surface area contributed by atoms with Gasteiger partial charge in [0, 0.05) is 33.9 Å². The van der Waals surface area contributed by atoms with E-state index in [2.05, 4.69) is 20.9 Å². The van der Waals surface area contributed by atoms with Crippen LogP contribution < -0.4 is 0 Å². The first-order chi connectivity index (χ1) is 11.4. The van der Waals surface area contributed by atoms with E-state index in [4.69, 9.17) is 0 Å². The maximum Gasteiger partial charge on any atom is 0.450 e. The highest BCUT2D eigenvalue weighted by Gasteiger charge is 2.40. The number of aromatic nitrogens is 1. The second-order valence-corrected chi connectivity index (χ2v) is 6.43. The van der Waals surface area contributed by atoms with Crippen LogP contribution in [0.25, 0.3) is 10.9 Å². The lowest BCUT2D eigenvalue weighted by atomic mass is 9.87. The second-order valence-electron chi connectivity index (χ2n) is 5.52. The molecule has 0 aliphatic carbocycles. The number of carbonyl (C=O) groups is 1. The number of hydrogen-bond acceptors (Lipinski definition) is 1. The predicted molar refractivity (Wildman–Crippen MR) is 90.0 cm³/mol. The molecular formula is C18H13BrF3NO. The van der Waals surface area contributed by atoms with E-state index in [0.29, 0.717) is 11.1 Å². The molecule has 3 aromatic rings. The molecule has 3 rings (SSSR count). The van der Waals surface area contributed by atoms with Gasteiger partial charge in [0.2, 0.25) is 5.78 Å². The Balaban J connectivity index is 2.08. The molecular weight excluding hydrogens is 383 g/mol. The van der Waals surface area contributed by atoms with Crippen LogP contribution in [0, 0.1) is 0 Å². The molecule has 2 aromatic carbocycles. The monoisotopic (exact) mass is 395 g/mol. The normalized spacial score (nSPS) is 13.2. The number of aromatic amines is 1. The van der Waals surface area contributed by atoms with Gasteiger partial charge in [-0.2, -0.15) is 13.2 Å². The number of H-pyrrole nitrogens is 1. The van der Waals surface area contributed by atoms with Crippen molar-refractivity contribution < 1.29 is 18.0 Å². The van der Waals surface area contributed by atoms with Crippen molar-refractivity contribution in [3.05, 3.63) is 70.3 Å². The zero-order chi connectivity index (χ0) is 17.3. The van der Waals surface area contributed by atoms with Gasteiger partial charge in [-0.25, -0.2) is 0 Å². The number of para-hydroxylation sites is 1. The van der Waals surface area contributed by atoms with Crippen LogP contribution in [0.3, 0.4) is 0 Å². The zero-order valence-corrected chi connectivity index (χ0v) is 14.0. The zero-order valence-electron chi connectivity index (χ0n) is 12.4. The summed E-state index contributed by atoms with van der Waals surface area (Å²) in [7, 11) is 0. The lowest BCUT2D eigenvalue weighted by Gasteiger charge is -2.17. The molecule has 24 heavy (non-hydrogen) atoms. The topological polar surface area (TPSA) is 32.9 Å². The molecule has 1 aromatic heterocycles. The summed E-state index contributed by atoms with van der Waals surface area (Å²) in [5, 5.41) is 0.820. The van der Waals surface area contributed by atoms with Crippen LogP contribution in [-0.2, 0) is 4.79 Å². The van der Waals surface area contributed by atoms with E-state index >= 15 is 0 Å². The number of alkyl halides is 3. The lowest BCUT2D eigenvalue weighted by Crippen LogP contribution is -2.25. The molecule has 0 radical (unpaired) electrons. The second kappa shape index (κ2) is 6.43. The Hall–Kier alpha value is -2.08. The van der Waals surface area contributed by atoms with E-state index in [1.165, 1.54) is 0 Å². The SMILES string of the molecule is O=C(C[C@@H](c1ccc(Br)cc1)c1c[nH]c2ccccc12)C(F)(F)F. The van der Waals surface area contributed by atoms with Crippen molar-refractivity contribution in [3.8, 4) is 0 Å². The number of carbonyl (C=O) groups excluding carboxylic acids is 1. The number of halogens is 4. The van der Waals surface area contributed by atoms with Gasteiger partial charge >= 0.3 is 6.18 Å². The van der Waals surface area contributed by atoms with Gasteiger partial charge in [-0.1, -0.05) is 46.3 Å². The molecule has 0 aliphatic rings. The van der Waals surface area contributed by atoms with Crippen LogP contribution in [0.5, 0.6) is 0 Å². The van der Waals surface area contributed by atoms with Crippen LogP contribution >= 0.6 is 15.9 Å². The number of hydrogen-bond donors (Lipinski definition) is 1. The molecule has 1 heterocycles. The predicted octanol–water partition coefficient (Wildman–Crippen LogP) is 5.58. The Morgan fingerprint density at radius 1 is 1.08 bits per heavy atom. The number of rotatable bonds is 4. The first kappa shape index (κ1) is 16.8. The first-order valence-corrected chi connectivity index (χ1v) is 8.07. The summed E-state index contributed by atoms with van der Waals surface area (Å²) in [6, 6.07) is 14.3. The third kappa shape index (κ3) is 3.38. The Bertz CT molecular complexity index is 868. The van der Waals surface area contributed by atoms with Gasteiger partial charge in [0.15, 0.2) is 0 Å². The van der Waals surface area contributed by atoms with E-state index in [0.717, 1.165) is 15.4 Å². The standard InChI is InChI=1S/C18H13BrF3NO/c19-12-7-5-11(6-8-12)14(9-17(24)18(20,21)22)15-10-23-16-4-2-1-3-13(15)16/h1-8,10,14,23H,9H2/t14-/m0/s1. The van der Waals surface area contributed by atoms with Crippen molar-refractivity contribution in [2.24, 2.45) is 0 Å². The summed E-state index contributed by atoms with van der Waals surface area (Å²) in [4.78, 5) is 14.7. The van der Waals surface area contributed by atoms with Crippen molar-refractivity contribution in [1.29, 1.82) is 0 Å². The smallest absolute Gasteiger partial charge is 0.361 e. The van der Waals surface area contributed by atoms with Gasteiger partial charge in [0.1, 0.15) is 0 Å². The number of benzene rings is 2. The van der Waals surface area contributed by atoms with Crippen LogP contribution in [-0.4, -0.2) is 16.9 Å². The molecule has 1 atom stereocenters. The average Bonchev–Trinajstić information content (AvgIpc) is 2.96. The van der Waals surface area contributed by atoms with Crippen molar-refractivity contribution in [3.63, 3.8) is 0 Å². The van der Waals surface area contributed by atoms with E-state index in [1.54, 1.807) is 30.5 Å².